The van der Waals surface area contributed by atoms with Crippen molar-refractivity contribution >= 4 is 28.9 Å². The number of benzene rings is 2. The third-order valence-electron chi connectivity index (χ3n) is 7.48. The summed E-state index contributed by atoms with van der Waals surface area (Å²) in [6, 6.07) is 10.9. The summed E-state index contributed by atoms with van der Waals surface area (Å²) in [5.74, 6) is 1.30. The van der Waals surface area contributed by atoms with Gasteiger partial charge in [0, 0.05) is 24.6 Å². The van der Waals surface area contributed by atoms with E-state index < -0.39 is 6.10 Å². The molecule has 0 bridgehead atoms. The lowest BCUT2D eigenvalue weighted by Crippen LogP contribution is -2.45. The fourth-order valence-electron chi connectivity index (χ4n) is 5.23. The fourth-order valence-corrected chi connectivity index (χ4v) is 5.46. The second kappa shape index (κ2) is 13.7. The van der Waals surface area contributed by atoms with Crippen LogP contribution in [0.4, 0.5) is 5.69 Å². The summed E-state index contributed by atoms with van der Waals surface area (Å²) in [5.41, 5.74) is 8.65. The number of nitriles is 1. The Morgan fingerprint density at radius 2 is 1.90 bits per heavy atom. The van der Waals surface area contributed by atoms with Crippen LogP contribution in [0, 0.1) is 23.2 Å². The highest BCUT2D eigenvalue weighted by Crippen LogP contribution is 2.37. The lowest BCUT2D eigenvalue weighted by atomic mass is 9.76. The molecule has 2 aliphatic rings. The van der Waals surface area contributed by atoms with Gasteiger partial charge >= 0.3 is 0 Å². The molecule has 0 aromatic heterocycles. The first-order valence-electron chi connectivity index (χ1n) is 13.5. The molecule has 0 saturated heterocycles. The Hall–Kier alpha value is -3.58. The predicted molar refractivity (Wildman–Crippen MR) is 155 cm³/mol. The van der Waals surface area contributed by atoms with E-state index in [1.54, 1.807) is 31.4 Å². The molecule has 1 amide bonds. The van der Waals surface area contributed by atoms with Gasteiger partial charge in [-0.25, -0.2) is 5.01 Å². The van der Waals surface area contributed by atoms with E-state index in [-0.39, 0.29) is 34.0 Å². The number of amides is 1. The molecule has 4 rings (SSSR count). The summed E-state index contributed by atoms with van der Waals surface area (Å²) >= 11 is 6.08. The molecule has 0 spiro atoms. The van der Waals surface area contributed by atoms with Gasteiger partial charge in [0.2, 0.25) is 5.91 Å². The van der Waals surface area contributed by atoms with Crippen LogP contribution in [0.5, 0.6) is 11.5 Å². The number of halogens is 1. The average Bonchev–Trinajstić information content (AvgIpc) is 2.98. The number of anilines is 1. The third kappa shape index (κ3) is 6.58. The molecule has 0 fully saturated rings. The van der Waals surface area contributed by atoms with E-state index >= 15 is 0 Å². The second-order valence-corrected chi connectivity index (χ2v) is 10.4. The van der Waals surface area contributed by atoms with E-state index in [1.165, 1.54) is 0 Å². The van der Waals surface area contributed by atoms with Gasteiger partial charge in [-0.3, -0.25) is 4.79 Å². The van der Waals surface area contributed by atoms with Crippen LogP contribution in [0.3, 0.4) is 0 Å². The number of nitrogens with one attached hydrogen (secondary N) is 1. The number of fused-ring (bicyclic) bond motifs is 1. The Bertz CT molecular complexity index is 1320. The van der Waals surface area contributed by atoms with Crippen LogP contribution in [-0.4, -0.2) is 55.6 Å². The number of aliphatic hydroxyl groups excluding tert-OH is 1. The lowest BCUT2D eigenvalue weighted by molar-refractivity contribution is -0.137. The molecule has 40 heavy (non-hydrogen) atoms. The zero-order valence-electron chi connectivity index (χ0n) is 22.9. The van der Waals surface area contributed by atoms with Gasteiger partial charge in [0.15, 0.2) is 11.5 Å². The maximum absolute atomic E-state index is 13.3. The number of unbranched alkanes of at least 4 members (excludes halogenated alkanes) is 2. The monoisotopic (exact) mass is 565 g/mol. The van der Waals surface area contributed by atoms with E-state index in [0.717, 1.165) is 37.0 Å². The Kier molecular flexibility index (Phi) is 10.0. The average molecular weight is 566 g/mol. The zero-order chi connectivity index (χ0) is 28.6. The zero-order valence-corrected chi connectivity index (χ0v) is 23.7. The molecule has 0 radical (unpaired) electrons. The van der Waals surface area contributed by atoms with Crippen molar-refractivity contribution in [2.45, 2.75) is 38.2 Å². The van der Waals surface area contributed by atoms with Gasteiger partial charge in [0.1, 0.15) is 6.07 Å². The van der Waals surface area contributed by atoms with Gasteiger partial charge in [-0.1, -0.05) is 30.2 Å². The van der Waals surface area contributed by atoms with Crippen molar-refractivity contribution in [3.05, 3.63) is 64.2 Å². The van der Waals surface area contributed by atoms with Crippen LogP contribution in [0.2, 0.25) is 5.02 Å². The van der Waals surface area contributed by atoms with Crippen LogP contribution in [0.1, 0.15) is 54.9 Å². The third-order valence-corrected chi connectivity index (χ3v) is 7.79. The summed E-state index contributed by atoms with van der Waals surface area (Å²) < 4.78 is 10.9. The maximum Gasteiger partial charge on any atom is 0.246 e. The van der Waals surface area contributed by atoms with Crippen LogP contribution in [-0.2, 0) is 4.79 Å². The quantitative estimate of drug-likeness (QED) is 0.197. The minimum atomic E-state index is -0.807. The van der Waals surface area contributed by atoms with E-state index in [2.05, 4.69) is 17.5 Å². The molecule has 1 aliphatic carbocycles. The minimum absolute atomic E-state index is 0.0441. The largest absolute Gasteiger partial charge is 0.493 e. The molecule has 10 heteroatoms. The molecular weight excluding hydrogens is 530 g/mol. The molecule has 2 aromatic carbocycles. The molecule has 4 N–H and O–H groups in total. The molecule has 1 aliphatic heterocycles. The van der Waals surface area contributed by atoms with Gasteiger partial charge < -0.3 is 25.6 Å². The highest BCUT2D eigenvalue weighted by atomic mass is 35.5. The van der Waals surface area contributed by atoms with Crippen molar-refractivity contribution in [3.63, 3.8) is 0 Å². The smallest absolute Gasteiger partial charge is 0.246 e. The number of hydrazone groups is 1. The van der Waals surface area contributed by atoms with E-state index in [9.17, 15) is 15.2 Å². The number of carbonyl (C=O) groups excluding carboxylic acids is 1. The molecule has 212 valence electrons. The minimum Gasteiger partial charge on any atom is -0.493 e. The molecule has 1 unspecified atom stereocenters. The number of carbonyl (C=O) groups is 1. The van der Waals surface area contributed by atoms with Crippen LogP contribution in [0.15, 0.2) is 47.6 Å². The fraction of sp³-hybridized carbons (Fsp3) is 0.433. The van der Waals surface area contributed by atoms with Crippen LogP contribution >= 0.6 is 11.6 Å². The normalized spacial score (nSPS) is 19.0. The van der Waals surface area contributed by atoms with Crippen molar-refractivity contribution in [2.75, 3.05) is 39.6 Å². The van der Waals surface area contributed by atoms with Gasteiger partial charge in [0.05, 0.1) is 48.2 Å². The van der Waals surface area contributed by atoms with E-state index in [0.29, 0.717) is 43.1 Å². The number of rotatable bonds is 12. The molecule has 1 heterocycles. The number of allylic oxidation sites excluding steroid dienone is 2. The number of methoxy groups -OCH3 is 2. The Morgan fingerprint density at radius 3 is 2.62 bits per heavy atom. The van der Waals surface area contributed by atoms with Gasteiger partial charge in [-0.2, -0.15) is 10.4 Å². The first-order chi connectivity index (χ1) is 19.4. The molecular formula is C30H36ClN5O4. The van der Waals surface area contributed by atoms with Gasteiger partial charge in [-0.05, 0) is 68.1 Å². The highest BCUT2D eigenvalue weighted by Gasteiger charge is 2.40. The van der Waals surface area contributed by atoms with Crippen molar-refractivity contribution in [3.8, 4) is 17.6 Å². The number of nitrogen functional groups attached to an aromatic ring is 1. The predicted octanol–water partition coefficient (Wildman–Crippen LogP) is 4.43. The number of nitrogens with zero attached hydrogens (tertiary/aromatic N) is 3. The topological polar surface area (TPSA) is 133 Å². The van der Waals surface area contributed by atoms with Crippen LogP contribution in [0.25, 0.3) is 0 Å². The van der Waals surface area contributed by atoms with Gasteiger partial charge in [-0.15, -0.1) is 0 Å². The van der Waals surface area contributed by atoms with Crippen molar-refractivity contribution in [2.24, 2.45) is 16.9 Å². The van der Waals surface area contributed by atoms with Crippen LogP contribution < -0.4 is 20.5 Å². The van der Waals surface area contributed by atoms with E-state index in [1.807, 2.05) is 24.3 Å². The first-order valence-corrected chi connectivity index (χ1v) is 13.9. The molecule has 0 saturated carbocycles. The maximum atomic E-state index is 13.3. The summed E-state index contributed by atoms with van der Waals surface area (Å²) in [6.45, 7) is 1.58. The Morgan fingerprint density at radius 1 is 1.15 bits per heavy atom. The Balaban J connectivity index is 1.31. The number of ether oxygens (including phenoxy) is 2. The molecule has 3 atom stereocenters. The van der Waals surface area contributed by atoms with Crippen molar-refractivity contribution < 1.29 is 19.4 Å². The van der Waals surface area contributed by atoms with E-state index in [4.69, 9.17) is 31.9 Å². The standard InChI is InChI=1S/C30H36ClN5O4/c1-39-26-11-10-19(16-27(26)40-2)29-22-8-4-5-9-23(22)30(38)36(35-29)13-7-3-6-12-34-18-25(37)20-14-21(17-32)28(33)24(31)15-20/h4-5,10-11,14-16,22-23,25,34,37H,3,6-9,12-13,18,33H2,1-2H3/t22-,23+,25?/m1/s1. The number of aliphatic hydroxyl groups is 1. The SMILES string of the molecule is COc1ccc(C2=NN(CCCCCNCC(O)c3cc(Cl)c(N)c(C#N)c3)C(=O)[C@H]3CC=CC[C@@H]23)cc1OC. The summed E-state index contributed by atoms with van der Waals surface area (Å²) in [5, 5.41) is 29.7. The van der Waals surface area contributed by atoms with Crippen molar-refractivity contribution in [1.29, 1.82) is 5.26 Å². The lowest BCUT2D eigenvalue weighted by Gasteiger charge is -2.37. The number of nitrogens with two attached hydrogens (primary N) is 1. The molecule has 2 aromatic rings. The van der Waals surface area contributed by atoms with Crippen molar-refractivity contribution in [1.82, 2.24) is 10.3 Å². The summed E-state index contributed by atoms with van der Waals surface area (Å²) in [7, 11) is 3.22. The molecule has 9 nitrogen and oxygen atoms in total. The number of hydrogen-bond donors (Lipinski definition) is 3. The number of hydrogen-bond acceptors (Lipinski definition) is 8. The first kappa shape index (κ1) is 29.4. The van der Waals surface area contributed by atoms with Gasteiger partial charge in [0.25, 0.3) is 0 Å². The highest BCUT2D eigenvalue weighted by molar-refractivity contribution is 6.33. The summed E-state index contributed by atoms with van der Waals surface area (Å²) in [6.07, 6.45) is 7.51. The Labute approximate surface area is 240 Å². The summed E-state index contributed by atoms with van der Waals surface area (Å²) in [4.78, 5) is 13.3. The second-order valence-electron chi connectivity index (χ2n) is 10.0.